The fraction of sp³-hybridized carbons (Fsp3) is 0.588. The first-order valence-electron chi connectivity index (χ1n) is 8.42. The molecule has 0 aliphatic carbocycles. The van der Waals surface area contributed by atoms with E-state index < -0.39 is 0 Å². The summed E-state index contributed by atoms with van der Waals surface area (Å²) >= 11 is 0. The van der Waals surface area contributed by atoms with Gasteiger partial charge in [-0.05, 0) is 30.9 Å². The standard InChI is InChI=1S/C17H27N5O2.HI/c1-18-16(23)12-14-5-9-22(10-6-14)17(19-2)21-8-11-24-15-4-3-7-20-13-15;/h3-4,7,13-14H,5-6,8-12H2,1-2H3,(H,18,23)(H,19,21);1H. The molecule has 0 aromatic carbocycles. The number of halogens is 1. The number of aliphatic imine (C=N–C) groups is 1. The molecule has 1 aliphatic heterocycles. The summed E-state index contributed by atoms with van der Waals surface area (Å²) in [5.74, 6) is 2.25. The SMILES string of the molecule is CN=C(NCCOc1cccnc1)N1CCC(CC(=O)NC)CC1.I. The number of carbonyl (C=O) groups is 1. The fourth-order valence-corrected chi connectivity index (χ4v) is 2.81. The summed E-state index contributed by atoms with van der Waals surface area (Å²) in [7, 11) is 3.48. The molecule has 0 atom stereocenters. The lowest BCUT2D eigenvalue weighted by molar-refractivity contribution is -0.121. The Morgan fingerprint density at radius 3 is 2.80 bits per heavy atom. The minimum Gasteiger partial charge on any atom is -0.490 e. The molecule has 1 aromatic heterocycles. The van der Waals surface area contributed by atoms with Gasteiger partial charge in [0.15, 0.2) is 5.96 Å². The zero-order chi connectivity index (χ0) is 17.2. The van der Waals surface area contributed by atoms with E-state index in [4.69, 9.17) is 4.74 Å². The maximum absolute atomic E-state index is 11.5. The van der Waals surface area contributed by atoms with Crippen LogP contribution in [0, 0.1) is 5.92 Å². The van der Waals surface area contributed by atoms with E-state index in [0.29, 0.717) is 25.5 Å². The molecular formula is C17H28IN5O2. The summed E-state index contributed by atoms with van der Waals surface area (Å²) in [5.41, 5.74) is 0. The van der Waals surface area contributed by atoms with Gasteiger partial charge >= 0.3 is 0 Å². The lowest BCUT2D eigenvalue weighted by Gasteiger charge is -2.34. The molecule has 140 valence electrons. The number of amides is 1. The molecule has 2 rings (SSSR count). The Balaban J connectivity index is 0.00000312. The van der Waals surface area contributed by atoms with E-state index in [-0.39, 0.29) is 29.9 Å². The average Bonchev–Trinajstić information content (AvgIpc) is 2.63. The number of hydrogen-bond donors (Lipinski definition) is 2. The number of pyridine rings is 1. The number of ether oxygens (including phenoxy) is 1. The van der Waals surface area contributed by atoms with Crippen molar-refractivity contribution in [3.05, 3.63) is 24.5 Å². The second kappa shape index (κ2) is 11.9. The molecule has 1 aliphatic rings. The Kier molecular flexibility index (Phi) is 10.2. The van der Waals surface area contributed by atoms with Gasteiger partial charge in [0.2, 0.25) is 5.91 Å². The van der Waals surface area contributed by atoms with Gasteiger partial charge < -0.3 is 20.3 Å². The van der Waals surface area contributed by atoms with Gasteiger partial charge in [0.05, 0.1) is 12.7 Å². The summed E-state index contributed by atoms with van der Waals surface area (Å²) in [6.45, 7) is 3.08. The summed E-state index contributed by atoms with van der Waals surface area (Å²) in [4.78, 5) is 22.1. The molecule has 0 spiro atoms. The van der Waals surface area contributed by atoms with Crippen LogP contribution in [0.15, 0.2) is 29.5 Å². The van der Waals surface area contributed by atoms with Crippen LogP contribution in [-0.2, 0) is 4.79 Å². The van der Waals surface area contributed by atoms with Crippen LogP contribution in [0.5, 0.6) is 5.75 Å². The second-order valence-corrected chi connectivity index (χ2v) is 5.82. The smallest absolute Gasteiger partial charge is 0.220 e. The minimum absolute atomic E-state index is 0. The molecule has 1 saturated heterocycles. The van der Waals surface area contributed by atoms with Crippen molar-refractivity contribution in [2.75, 3.05) is 40.3 Å². The molecule has 0 bridgehead atoms. The summed E-state index contributed by atoms with van der Waals surface area (Å²) in [6, 6.07) is 3.74. The predicted octanol–water partition coefficient (Wildman–Crippen LogP) is 1.50. The molecule has 2 N–H and O–H groups in total. The van der Waals surface area contributed by atoms with E-state index in [1.54, 1.807) is 26.5 Å². The van der Waals surface area contributed by atoms with Crippen LogP contribution >= 0.6 is 24.0 Å². The molecular weight excluding hydrogens is 433 g/mol. The highest BCUT2D eigenvalue weighted by molar-refractivity contribution is 14.0. The Labute approximate surface area is 166 Å². The third kappa shape index (κ3) is 7.45. The number of guanidine groups is 1. The quantitative estimate of drug-likeness (QED) is 0.291. The van der Waals surface area contributed by atoms with E-state index in [1.165, 1.54) is 0 Å². The van der Waals surface area contributed by atoms with Crippen molar-refractivity contribution in [1.29, 1.82) is 0 Å². The summed E-state index contributed by atoms with van der Waals surface area (Å²) in [6.07, 6.45) is 6.07. The third-order valence-corrected chi connectivity index (χ3v) is 4.17. The summed E-state index contributed by atoms with van der Waals surface area (Å²) < 4.78 is 5.62. The number of rotatable bonds is 6. The van der Waals surface area contributed by atoms with Crippen molar-refractivity contribution >= 4 is 35.8 Å². The van der Waals surface area contributed by atoms with Gasteiger partial charge in [-0.25, -0.2) is 0 Å². The van der Waals surface area contributed by atoms with Crippen molar-refractivity contribution in [3.8, 4) is 5.75 Å². The predicted molar refractivity (Wildman–Crippen MR) is 109 cm³/mol. The molecule has 0 unspecified atom stereocenters. The lowest BCUT2D eigenvalue weighted by Crippen LogP contribution is -2.46. The molecule has 0 radical (unpaired) electrons. The molecule has 7 nitrogen and oxygen atoms in total. The molecule has 1 aromatic rings. The van der Waals surface area contributed by atoms with Crippen molar-refractivity contribution in [1.82, 2.24) is 20.5 Å². The van der Waals surface area contributed by atoms with Crippen molar-refractivity contribution in [3.63, 3.8) is 0 Å². The Hall–Kier alpha value is -1.58. The third-order valence-electron chi connectivity index (χ3n) is 4.17. The Morgan fingerprint density at radius 2 is 2.20 bits per heavy atom. The van der Waals surface area contributed by atoms with Crippen LogP contribution in [0.3, 0.4) is 0 Å². The van der Waals surface area contributed by atoms with Gasteiger partial charge in [0.1, 0.15) is 12.4 Å². The average molecular weight is 461 g/mol. The topological polar surface area (TPSA) is 78.9 Å². The van der Waals surface area contributed by atoms with E-state index in [0.717, 1.165) is 37.6 Å². The molecule has 2 heterocycles. The highest BCUT2D eigenvalue weighted by atomic mass is 127. The largest absolute Gasteiger partial charge is 0.490 e. The number of aromatic nitrogens is 1. The number of hydrogen-bond acceptors (Lipinski definition) is 4. The number of nitrogens with one attached hydrogen (secondary N) is 2. The van der Waals surface area contributed by atoms with Crippen LogP contribution in [0.2, 0.25) is 0 Å². The van der Waals surface area contributed by atoms with Gasteiger partial charge in [-0.1, -0.05) is 0 Å². The zero-order valence-electron chi connectivity index (χ0n) is 14.9. The number of carbonyl (C=O) groups excluding carboxylic acids is 1. The van der Waals surface area contributed by atoms with E-state index in [1.807, 2.05) is 12.1 Å². The zero-order valence-corrected chi connectivity index (χ0v) is 17.2. The van der Waals surface area contributed by atoms with Crippen LogP contribution in [0.25, 0.3) is 0 Å². The molecule has 25 heavy (non-hydrogen) atoms. The first kappa shape index (κ1) is 21.5. The van der Waals surface area contributed by atoms with E-state index >= 15 is 0 Å². The molecule has 1 amide bonds. The Bertz CT molecular complexity index is 533. The highest BCUT2D eigenvalue weighted by Crippen LogP contribution is 2.20. The number of likely N-dealkylation sites (tertiary alicyclic amines) is 1. The maximum Gasteiger partial charge on any atom is 0.220 e. The van der Waals surface area contributed by atoms with Crippen molar-refractivity contribution < 1.29 is 9.53 Å². The molecule has 0 saturated carbocycles. The Morgan fingerprint density at radius 1 is 1.44 bits per heavy atom. The maximum atomic E-state index is 11.5. The normalized spacial score (nSPS) is 15.3. The highest BCUT2D eigenvalue weighted by Gasteiger charge is 2.22. The monoisotopic (exact) mass is 461 g/mol. The first-order valence-corrected chi connectivity index (χ1v) is 8.42. The molecule has 1 fully saturated rings. The van der Waals surface area contributed by atoms with E-state index in [2.05, 4.69) is 25.5 Å². The van der Waals surface area contributed by atoms with Gasteiger partial charge in [-0.15, -0.1) is 24.0 Å². The number of nitrogens with zero attached hydrogens (tertiary/aromatic N) is 3. The van der Waals surface area contributed by atoms with Gasteiger partial charge in [0.25, 0.3) is 0 Å². The van der Waals surface area contributed by atoms with Crippen LogP contribution in [0.1, 0.15) is 19.3 Å². The minimum atomic E-state index is 0. The van der Waals surface area contributed by atoms with Gasteiger partial charge in [-0.2, -0.15) is 0 Å². The number of piperidine rings is 1. The first-order chi connectivity index (χ1) is 11.7. The molecule has 8 heteroatoms. The summed E-state index contributed by atoms with van der Waals surface area (Å²) in [5, 5.41) is 6.03. The van der Waals surface area contributed by atoms with E-state index in [9.17, 15) is 4.79 Å². The van der Waals surface area contributed by atoms with Crippen LogP contribution < -0.4 is 15.4 Å². The lowest BCUT2D eigenvalue weighted by atomic mass is 9.93. The van der Waals surface area contributed by atoms with Crippen LogP contribution in [0.4, 0.5) is 0 Å². The second-order valence-electron chi connectivity index (χ2n) is 5.82. The van der Waals surface area contributed by atoms with Crippen molar-refractivity contribution in [2.24, 2.45) is 10.9 Å². The fourth-order valence-electron chi connectivity index (χ4n) is 2.81. The van der Waals surface area contributed by atoms with Crippen LogP contribution in [-0.4, -0.2) is 62.1 Å². The van der Waals surface area contributed by atoms with Crippen molar-refractivity contribution in [2.45, 2.75) is 19.3 Å². The van der Waals surface area contributed by atoms with Gasteiger partial charge in [0, 0.05) is 39.8 Å². The van der Waals surface area contributed by atoms with Gasteiger partial charge in [-0.3, -0.25) is 14.8 Å².